The molecule has 0 saturated heterocycles. The van der Waals surface area contributed by atoms with Crippen molar-refractivity contribution in [3.63, 3.8) is 0 Å². The van der Waals surface area contributed by atoms with Gasteiger partial charge in [0, 0.05) is 16.6 Å². The molecule has 0 saturated carbocycles. The SMILES string of the molecule is COc1cc(NC2CCCc3sc(I)cc32)ccc1Br. The van der Waals surface area contributed by atoms with E-state index in [0.717, 1.165) is 15.9 Å². The molecule has 2 nitrogen and oxygen atoms in total. The number of anilines is 1. The summed E-state index contributed by atoms with van der Waals surface area (Å²) in [7, 11) is 1.70. The Hall–Kier alpha value is -0.270. The maximum Gasteiger partial charge on any atom is 0.135 e. The highest BCUT2D eigenvalue weighted by Gasteiger charge is 2.22. The van der Waals surface area contributed by atoms with Crippen molar-refractivity contribution in [2.45, 2.75) is 25.3 Å². The third-order valence-electron chi connectivity index (χ3n) is 3.58. The van der Waals surface area contributed by atoms with Gasteiger partial charge in [-0.05, 0) is 81.5 Å². The lowest BCUT2D eigenvalue weighted by molar-refractivity contribution is 0.412. The van der Waals surface area contributed by atoms with Gasteiger partial charge in [0.25, 0.3) is 0 Å². The summed E-state index contributed by atoms with van der Waals surface area (Å²) in [4.78, 5) is 1.54. The summed E-state index contributed by atoms with van der Waals surface area (Å²) in [6, 6.07) is 8.92. The molecule has 1 unspecified atom stereocenters. The monoisotopic (exact) mass is 463 g/mol. The molecule has 5 heteroatoms. The van der Waals surface area contributed by atoms with Gasteiger partial charge in [0.2, 0.25) is 0 Å². The molecule has 1 atom stereocenters. The molecule has 0 fully saturated rings. The molecule has 1 aliphatic carbocycles. The first-order valence-corrected chi connectivity index (χ1v) is 9.24. The van der Waals surface area contributed by atoms with Crippen molar-refractivity contribution in [1.82, 2.24) is 0 Å². The van der Waals surface area contributed by atoms with E-state index < -0.39 is 0 Å². The number of methoxy groups -OCH3 is 1. The largest absolute Gasteiger partial charge is 0.495 e. The van der Waals surface area contributed by atoms with E-state index in [1.165, 1.54) is 27.7 Å². The lowest BCUT2D eigenvalue weighted by Crippen LogP contribution is -2.15. The molecule has 0 amide bonds. The molecule has 0 radical (unpaired) electrons. The lowest BCUT2D eigenvalue weighted by atomic mass is 9.94. The highest BCUT2D eigenvalue weighted by molar-refractivity contribution is 14.1. The molecule has 0 aliphatic heterocycles. The fraction of sp³-hybridized carbons (Fsp3) is 0.333. The standard InChI is InChI=1S/C15H15BrINOS/c1-19-13-7-9(5-6-11(13)16)18-12-3-2-4-14-10(12)8-15(17)20-14/h5-8,12,18H,2-4H2,1H3. The van der Waals surface area contributed by atoms with Crippen molar-refractivity contribution < 1.29 is 4.74 Å². The number of fused-ring (bicyclic) bond motifs is 1. The Morgan fingerprint density at radius 1 is 1.40 bits per heavy atom. The van der Waals surface area contributed by atoms with Gasteiger partial charge < -0.3 is 10.1 Å². The van der Waals surface area contributed by atoms with Crippen LogP contribution in [0, 0.1) is 2.88 Å². The molecule has 0 bridgehead atoms. The van der Waals surface area contributed by atoms with Crippen LogP contribution in [0.25, 0.3) is 0 Å². The molecular weight excluding hydrogens is 449 g/mol. The Balaban J connectivity index is 1.85. The number of ether oxygens (including phenoxy) is 1. The number of aryl methyl sites for hydroxylation is 1. The predicted molar refractivity (Wildman–Crippen MR) is 97.0 cm³/mol. The molecule has 106 valence electrons. The van der Waals surface area contributed by atoms with Crippen LogP contribution in [0.4, 0.5) is 5.69 Å². The molecule has 1 aromatic heterocycles. The van der Waals surface area contributed by atoms with Crippen LogP contribution in [0.3, 0.4) is 0 Å². The van der Waals surface area contributed by atoms with Crippen LogP contribution in [-0.4, -0.2) is 7.11 Å². The fourth-order valence-corrected chi connectivity index (χ4v) is 5.15. The van der Waals surface area contributed by atoms with Crippen molar-refractivity contribution in [2.24, 2.45) is 0 Å². The van der Waals surface area contributed by atoms with Gasteiger partial charge in [-0.25, -0.2) is 0 Å². The zero-order valence-electron chi connectivity index (χ0n) is 11.1. The topological polar surface area (TPSA) is 21.3 Å². The number of hydrogen-bond acceptors (Lipinski definition) is 3. The second-order valence-electron chi connectivity index (χ2n) is 4.87. The zero-order valence-corrected chi connectivity index (χ0v) is 15.6. The van der Waals surface area contributed by atoms with Crippen LogP contribution >= 0.6 is 49.9 Å². The fourth-order valence-electron chi connectivity index (χ4n) is 2.62. The molecule has 1 heterocycles. The zero-order chi connectivity index (χ0) is 14.1. The molecular formula is C15H15BrINOS. The molecule has 1 aliphatic rings. The summed E-state index contributed by atoms with van der Waals surface area (Å²) >= 11 is 7.84. The Bertz CT molecular complexity index is 628. The predicted octanol–water partition coefficient (Wildman–Crippen LogP) is 5.61. The van der Waals surface area contributed by atoms with Gasteiger partial charge in [-0.1, -0.05) is 0 Å². The van der Waals surface area contributed by atoms with Crippen molar-refractivity contribution in [1.29, 1.82) is 0 Å². The van der Waals surface area contributed by atoms with Crippen LogP contribution in [0.2, 0.25) is 0 Å². The molecule has 1 N–H and O–H groups in total. The van der Waals surface area contributed by atoms with Gasteiger partial charge in [-0.2, -0.15) is 0 Å². The number of benzene rings is 1. The number of halogens is 2. The van der Waals surface area contributed by atoms with E-state index in [1.54, 1.807) is 12.0 Å². The van der Waals surface area contributed by atoms with Crippen molar-refractivity contribution in [3.05, 3.63) is 42.1 Å². The minimum atomic E-state index is 0.421. The van der Waals surface area contributed by atoms with E-state index >= 15 is 0 Å². The first-order chi connectivity index (χ1) is 9.67. The normalized spacial score (nSPS) is 17.6. The van der Waals surface area contributed by atoms with Crippen LogP contribution in [0.15, 0.2) is 28.7 Å². The van der Waals surface area contributed by atoms with Gasteiger partial charge in [0.1, 0.15) is 5.75 Å². The molecule has 3 rings (SSSR count). The van der Waals surface area contributed by atoms with Gasteiger partial charge in [0.05, 0.1) is 20.5 Å². The third-order valence-corrected chi connectivity index (χ3v) is 6.20. The molecule has 0 spiro atoms. The maximum absolute atomic E-state index is 5.36. The van der Waals surface area contributed by atoms with Crippen LogP contribution in [0.5, 0.6) is 5.75 Å². The van der Waals surface area contributed by atoms with E-state index in [2.05, 4.69) is 62.0 Å². The van der Waals surface area contributed by atoms with E-state index in [4.69, 9.17) is 4.74 Å². The third kappa shape index (κ3) is 2.99. The second-order valence-corrected chi connectivity index (χ2v) is 8.75. The minimum absolute atomic E-state index is 0.421. The van der Waals surface area contributed by atoms with Crippen molar-refractivity contribution >= 4 is 55.5 Å². The summed E-state index contributed by atoms with van der Waals surface area (Å²) < 4.78 is 7.73. The number of hydrogen-bond donors (Lipinski definition) is 1. The van der Waals surface area contributed by atoms with E-state index in [0.29, 0.717) is 6.04 Å². The molecule has 2 aromatic rings. The van der Waals surface area contributed by atoms with Crippen molar-refractivity contribution in [2.75, 3.05) is 12.4 Å². The number of thiophene rings is 1. The molecule has 1 aromatic carbocycles. The Morgan fingerprint density at radius 3 is 3.05 bits per heavy atom. The first kappa shape index (κ1) is 14.7. The Morgan fingerprint density at radius 2 is 2.25 bits per heavy atom. The summed E-state index contributed by atoms with van der Waals surface area (Å²) in [6.45, 7) is 0. The summed E-state index contributed by atoms with van der Waals surface area (Å²) in [6.07, 6.45) is 3.68. The highest BCUT2D eigenvalue weighted by atomic mass is 127. The van der Waals surface area contributed by atoms with E-state index in [-0.39, 0.29) is 0 Å². The van der Waals surface area contributed by atoms with Gasteiger partial charge in [-0.3, -0.25) is 0 Å². The quantitative estimate of drug-likeness (QED) is 0.597. The van der Waals surface area contributed by atoms with Crippen LogP contribution < -0.4 is 10.1 Å². The van der Waals surface area contributed by atoms with E-state index in [1.807, 2.05) is 17.4 Å². The Labute approximate surface area is 145 Å². The first-order valence-electron chi connectivity index (χ1n) is 6.55. The molecule has 20 heavy (non-hydrogen) atoms. The van der Waals surface area contributed by atoms with E-state index in [9.17, 15) is 0 Å². The summed E-state index contributed by atoms with van der Waals surface area (Å²) in [5, 5.41) is 3.65. The average Bonchev–Trinajstić information content (AvgIpc) is 2.82. The lowest BCUT2D eigenvalue weighted by Gasteiger charge is -2.25. The summed E-state index contributed by atoms with van der Waals surface area (Å²) in [5.74, 6) is 0.867. The van der Waals surface area contributed by atoms with Crippen molar-refractivity contribution in [3.8, 4) is 5.75 Å². The van der Waals surface area contributed by atoms with Crippen LogP contribution in [0.1, 0.15) is 29.3 Å². The number of rotatable bonds is 3. The van der Waals surface area contributed by atoms with Crippen LogP contribution in [-0.2, 0) is 6.42 Å². The van der Waals surface area contributed by atoms with Gasteiger partial charge in [-0.15, -0.1) is 11.3 Å². The second kappa shape index (κ2) is 6.23. The average molecular weight is 464 g/mol. The smallest absolute Gasteiger partial charge is 0.135 e. The summed E-state index contributed by atoms with van der Waals surface area (Å²) in [5.41, 5.74) is 2.59. The Kier molecular flexibility index (Phi) is 4.57. The maximum atomic E-state index is 5.36. The minimum Gasteiger partial charge on any atom is -0.495 e. The highest BCUT2D eigenvalue weighted by Crippen LogP contribution is 2.39. The van der Waals surface area contributed by atoms with Gasteiger partial charge >= 0.3 is 0 Å². The van der Waals surface area contributed by atoms with Gasteiger partial charge in [0.15, 0.2) is 0 Å². The number of nitrogens with one attached hydrogen (secondary N) is 1.